The van der Waals surface area contributed by atoms with Crippen LogP contribution < -0.4 is 28.6 Å². The Morgan fingerprint density at radius 3 is 2.11 bits per heavy atom. The summed E-state index contributed by atoms with van der Waals surface area (Å²) in [7, 11) is 1.15. The maximum Gasteiger partial charge on any atom is 0.265 e. The number of methoxy groups -OCH3 is 4. The van der Waals surface area contributed by atoms with Crippen LogP contribution in [0, 0.1) is 5.82 Å². The van der Waals surface area contributed by atoms with Gasteiger partial charge in [0.15, 0.2) is 11.5 Å². The molecule has 0 saturated heterocycles. The smallest absolute Gasteiger partial charge is 0.265 e. The average Bonchev–Trinajstić information content (AvgIpc) is 3.09. The van der Waals surface area contributed by atoms with Gasteiger partial charge < -0.3 is 29.2 Å². The van der Waals surface area contributed by atoms with Crippen molar-refractivity contribution in [1.82, 2.24) is 10.2 Å². The molecular weight excluding hydrogens is 629 g/mol. The fourth-order valence-electron chi connectivity index (χ4n) is 5.55. The van der Waals surface area contributed by atoms with Crippen molar-refractivity contribution in [3.63, 3.8) is 0 Å². The van der Waals surface area contributed by atoms with Crippen LogP contribution in [-0.4, -0.2) is 72.2 Å². The van der Waals surface area contributed by atoms with E-state index in [1.807, 2.05) is 0 Å². The first-order valence-electron chi connectivity index (χ1n) is 15.3. The van der Waals surface area contributed by atoms with Crippen LogP contribution in [0.4, 0.5) is 10.1 Å². The highest BCUT2D eigenvalue weighted by atomic mass is 32.2. The van der Waals surface area contributed by atoms with Crippen molar-refractivity contribution >= 4 is 27.5 Å². The molecule has 1 atom stereocenters. The van der Waals surface area contributed by atoms with Crippen molar-refractivity contribution in [1.29, 1.82) is 0 Å². The van der Waals surface area contributed by atoms with Gasteiger partial charge in [-0.25, -0.2) is 12.8 Å². The van der Waals surface area contributed by atoms with Crippen molar-refractivity contribution < 1.29 is 41.3 Å². The molecule has 1 aliphatic rings. The summed E-state index contributed by atoms with van der Waals surface area (Å²) in [6, 6.07) is 13.3. The summed E-state index contributed by atoms with van der Waals surface area (Å²) in [4.78, 5) is 29.0. The van der Waals surface area contributed by atoms with Gasteiger partial charge in [-0.1, -0.05) is 31.4 Å². The number of halogens is 1. The maximum atomic E-state index is 14.4. The van der Waals surface area contributed by atoms with Crippen molar-refractivity contribution in [2.45, 2.75) is 62.6 Å². The molecule has 0 heterocycles. The van der Waals surface area contributed by atoms with Gasteiger partial charge in [0, 0.05) is 24.7 Å². The SMILES string of the molecule is COc1ccc(OC)c(N(CC(=O)N(Cc2ccc(F)cc2)[C@@H](C)C(=O)NC2CCCCC2)S(=O)(=O)c2ccc(OC)c(OC)c2)c1. The van der Waals surface area contributed by atoms with Gasteiger partial charge in [0.1, 0.15) is 29.9 Å². The summed E-state index contributed by atoms with van der Waals surface area (Å²) >= 11 is 0. The highest BCUT2D eigenvalue weighted by Crippen LogP contribution is 2.38. The molecule has 0 spiro atoms. The van der Waals surface area contributed by atoms with E-state index in [-0.39, 0.29) is 40.6 Å². The third-order valence-corrected chi connectivity index (χ3v) is 10.0. The molecule has 3 aromatic rings. The molecule has 1 aliphatic carbocycles. The number of amides is 2. The van der Waals surface area contributed by atoms with Crippen molar-refractivity contribution in [2.75, 3.05) is 39.3 Å². The zero-order valence-electron chi connectivity index (χ0n) is 27.3. The topological polar surface area (TPSA) is 124 Å². The number of anilines is 1. The van der Waals surface area contributed by atoms with Crippen LogP contribution in [0.1, 0.15) is 44.6 Å². The van der Waals surface area contributed by atoms with Gasteiger partial charge in [-0.05, 0) is 61.7 Å². The third-order valence-electron chi connectivity index (χ3n) is 8.26. The Bertz CT molecular complexity index is 1650. The van der Waals surface area contributed by atoms with Gasteiger partial charge in [-0.2, -0.15) is 0 Å². The molecular formula is C34H42FN3O8S. The molecule has 1 N–H and O–H groups in total. The Morgan fingerprint density at radius 1 is 0.851 bits per heavy atom. The van der Waals surface area contributed by atoms with E-state index in [4.69, 9.17) is 18.9 Å². The van der Waals surface area contributed by atoms with E-state index >= 15 is 0 Å². The van der Waals surface area contributed by atoms with E-state index in [0.29, 0.717) is 17.1 Å². The maximum absolute atomic E-state index is 14.4. The summed E-state index contributed by atoms with van der Waals surface area (Å²) in [5.41, 5.74) is 0.598. The van der Waals surface area contributed by atoms with Crippen LogP contribution in [0.25, 0.3) is 0 Å². The fourth-order valence-corrected chi connectivity index (χ4v) is 6.98. The molecule has 0 bridgehead atoms. The molecule has 1 saturated carbocycles. The molecule has 3 aromatic carbocycles. The van der Waals surface area contributed by atoms with Gasteiger partial charge in [-0.3, -0.25) is 13.9 Å². The molecule has 254 valence electrons. The second-order valence-electron chi connectivity index (χ2n) is 11.2. The summed E-state index contributed by atoms with van der Waals surface area (Å²) < 4.78 is 65.1. The minimum atomic E-state index is -4.48. The lowest BCUT2D eigenvalue weighted by Crippen LogP contribution is -2.53. The molecule has 0 radical (unpaired) electrons. The minimum absolute atomic E-state index is 0.00977. The summed E-state index contributed by atoms with van der Waals surface area (Å²) in [6.45, 7) is 0.819. The molecule has 47 heavy (non-hydrogen) atoms. The Balaban J connectivity index is 1.78. The lowest BCUT2D eigenvalue weighted by molar-refractivity contribution is -0.139. The first-order chi connectivity index (χ1) is 22.5. The van der Waals surface area contributed by atoms with E-state index < -0.39 is 34.3 Å². The molecule has 0 aromatic heterocycles. The second-order valence-corrected chi connectivity index (χ2v) is 13.1. The molecule has 11 nitrogen and oxygen atoms in total. The zero-order chi connectivity index (χ0) is 34.1. The number of benzene rings is 3. The number of hydrogen-bond donors (Lipinski definition) is 1. The number of nitrogens with one attached hydrogen (secondary N) is 1. The van der Waals surface area contributed by atoms with Crippen molar-refractivity contribution in [2.24, 2.45) is 0 Å². The van der Waals surface area contributed by atoms with E-state index in [2.05, 4.69) is 5.32 Å². The van der Waals surface area contributed by atoms with Crippen LogP contribution in [0.2, 0.25) is 0 Å². The number of ether oxygens (including phenoxy) is 4. The highest BCUT2D eigenvalue weighted by Gasteiger charge is 2.35. The summed E-state index contributed by atoms with van der Waals surface area (Å²) in [6.07, 6.45) is 4.80. The monoisotopic (exact) mass is 671 g/mol. The quantitative estimate of drug-likeness (QED) is 0.256. The number of sulfonamides is 1. The van der Waals surface area contributed by atoms with Crippen LogP contribution in [0.5, 0.6) is 23.0 Å². The number of nitrogens with zero attached hydrogens (tertiary/aromatic N) is 2. The van der Waals surface area contributed by atoms with Crippen molar-refractivity contribution in [3.05, 3.63) is 72.0 Å². The van der Waals surface area contributed by atoms with E-state index in [1.165, 1.54) is 87.9 Å². The Kier molecular flexibility index (Phi) is 11.9. The molecule has 13 heteroatoms. The van der Waals surface area contributed by atoms with E-state index in [1.54, 1.807) is 13.0 Å². The highest BCUT2D eigenvalue weighted by molar-refractivity contribution is 7.92. The van der Waals surface area contributed by atoms with Crippen molar-refractivity contribution in [3.8, 4) is 23.0 Å². The molecule has 2 amide bonds. The lowest BCUT2D eigenvalue weighted by atomic mass is 9.95. The van der Waals surface area contributed by atoms with Crippen LogP contribution in [-0.2, 0) is 26.2 Å². The first kappa shape index (κ1) is 35.3. The predicted octanol–water partition coefficient (Wildman–Crippen LogP) is 4.92. The zero-order valence-corrected chi connectivity index (χ0v) is 28.1. The summed E-state index contributed by atoms with van der Waals surface area (Å²) in [5.74, 6) is -0.512. The Morgan fingerprint density at radius 2 is 1.49 bits per heavy atom. The standard InChI is InChI=1S/C34H42FN3O8S/c1-23(34(40)36-26-9-7-6-8-10-26)37(21-24-11-13-25(35)14-12-24)33(39)22-38(29-19-27(43-2)15-17-30(29)44-3)47(41,42)28-16-18-31(45-4)32(20-28)46-5/h11-20,23,26H,6-10,21-22H2,1-5H3,(H,36,40)/t23-/m0/s1. The van der Waals surface area contributed by atoms with E-state index in [0.717, 1.165) is 36.4 Å². The molecule has 0 unspecified atom stereocenters. The average molecular weight is 672 g/mol. The van der Waals surface area contributed by atoms with Crippen LogP contribution in [0.15, 0.2) is 65.6 Å². The number of rotatable bonds is 14. The third kappa shape index (κ3) is 8.45. The van der Waals surface area contributed by atoms with Crippen LogP contribution in [0.3, 0.4) is 0 Å². The lowest BCUT2D eigenvalue weighted by Gasteiger charge is -2.33. The second kappa shape index (κ2) is 15.9. The number of carbonyl (C=O) groups is 2. The summed E-state index contributed by atoms with van der Waals surface area (Å²) in [5, 5.41) is 3.06. The normalized spacial score (nSPS) is 14.1. The van der Waals surface area contributed by atoms with E-state index in [9.17, 15) is 22.4 Å². The number of carbonyl (C=O) groups excluding carboxylic acids is 2. The van der Waals surface area contributed by atoms with Crippen LogP contribution >= 0.6 is 0 Å². The number of hydrogen-bond acceptors (Lipinski definition) is 8. The first-order valence-corrected chi connectivity index (χ1v) is 16.8. The van der Waals surface area contributed by atoms with Gasteiger partial charge in [0.2, 0.25) is 11.8 Å². The van der Waals surface area contributed by atoms with Gasteiger partial charge >= 0.3 is 0 Å². The minimum Gasteiger partial charge on any atom is -0.497 e. The fraction of sp³-hybridized carbons (Fsp3) is 0.412. The predicted molar refractivity (Wildman–Crippen MR) is 175 cm³/mol. The Hall–Kier alpha value is -4.52. The Labute approximate surface area is 275 Å². The molecule has 0 aliphatic heterocycles. The largest absolute Gasteiger partial charge is 0.497 e. The van der Waals surface area contributed by atoms with Gasteiger partial charge in [-0.15, -0.1) is 0 Å². The van der Waals surface area contributed by atoms with Gasteiger partial charge in [0.05, 0.1) is 39.0 Å². The molecule has 4 rings (SSSR count). The molecule has 1 fully saturated rings. The van der Waals surface area contributed by atoms with Gasteiger partial charge in [0.25, 0.3) is 10.0 Å².